The monoisotopic (exact) mass is 1720 g/mol. The van der Waals surface area contributed by atoms with Crippen LogP contribution in [-0.4, -0.2) is 25.3 Å². The quantitative estimate of drug-likeness (QED) is 0.0852. The van der Waals surface area contributed by atoms with E-state index in [0.717, 1.165) is 0 Å². The van der Waals surface area contributed by atoms with Gasteiger partial charge in [-0.3, -0.25) is 0 Å². The zero-order valence-electron chi connectivity index (χ0n) is 71.1. The summed E-state index contributed by atoms with van der Waals surface area (Å²) < 4.78 is 10.4. The Morgan fingerprint density at radius 3 is 0.946 bits per heavy atom. The highest BCUT2D eigenvalue weighted by Crippen LogP contribution is 2.61. The molecule has 6 aliphatic rings. The minimum Gasteiger partial charge on any atom is -0.309 e. The van der Waals surface area contributed by atoms with Crippen LogP contribution in [0.2, 0.25) is 0 Å². The second kappa shape index (κ2) is 29.7. The molecule has 4 heterocycles. The fraction of sp³-hybridized carbons (Fsp3) is 0.0323. The van der Waals surface area contributed by atoms with Gasteiger partial charge in [-0.15, -0.1) is 22.7 Å². The van der Waals surface area contributed by atoms with Crippen LogP contribution in [-0.2, 0) is 0 Å². The lowest BCUT2D eigenvalue weighted by Crippen LogP contribution is -2.74. The van der Waals surface area contributed by atoms with Gasteiger partial charge in [0, 0.05) is 96.9 Å². The van der Waals surface area contributed by atoms with E-state index in [1.165, 1.54) is 226 Å². The van der Waals surface area contributed by atoms with Crippen LogP contribution in [0.15, 0.2) is 473 Å². The molecule has 6 aliphatic carbocycles. The fourth-order valence-corrected chi connectivity index (χ4v) is 36.3. The number of rotatable bonds is 12. The highest BCUT2D eigenvalue weighted by atomic mass is 32.1. The molecule has 0 saturated carbocycles. The lowest BCUT2D eigenvalue weighted by atomic mass is 9.60. The molecule has 20 aromatic carbocycles. The summed E-state index contributed by atoms with van der Waals surface area (Å²) in [6.07, 6.45) is 0. The molecule has 130 heavy (non-hydrogen) atoms. The molecule has 24 aromatic rings. The third-order valence-corrected chi connectivity index (χ3v) is 41.3. The molecule has 0 aliphatic heterocycles. The summed E-state index contributed by atoms with van der Waals surface area (Å²) >= 11 is 3.79. The average Bonchev–Trinajstić information content (AvgIpc) is 1.68. The maximum absolute atomic E-state index is 2.97. The van der Waals surface area contributed by atoms with Gasteiger partial charge in [0.2, 0.25) is 0 Å². The first-order valence-electron chi connectivity index (χ1n) is 45.5. The fourth-order valence-electron chi connectivity index (χ4n) is 24.3. The van der Waals surface area contributed by atoms with E-state index in [9.17, 15) is 0 Å². The number of nitrogens with zero attached hydrogens (tertiary/aromatic N) is 2. The van der Waals surface area contributed by atoms with E-state index in [0.29, 0.717) is 0 Å². The molecular formula is C124H82N2S2Si2. The molecule has 0 amide bonds. The van der Waals surface area contributed by atoms with Crippen LogP contribution in [0.1, 0.15) is 90.4 Å². The van der Waals surface area contributed by atoms with E-state index in [4.69, 9.17) is 0 Å². The second-order valence-electron chi connectivity index (χ2n) is 35.7. The molecular weight excluding hydrogens is 1640 g/mol. The summed E-state index contributed by atoms with van der Waals surface area (Å²) in [6, 6.07) is 180. The van der Waals surface area contributed by atoms with Crippen molar-refractivity contribution < 1.29 is 0 Å². The van der Waals surface area contributed by atoms with Gasteiger partial charge in [0.1, 0.15) is 0 Å². The van der Waals surface area contributed by atoms with Crippen molar-refractivity contribution in [3.05, 3.63) is 540 Å². The first kappa shape index (κ1) is 75.1. The van der Waals surface area contributed by atoms with E-state index < -0.39 is 16.1 Å². The molecule has 30 rings (SSSR count). The number of benzene rings is 20. The minimum absolute atomic E-state index is 0.179. The van der Waals surface area contributed by atoms with Gasteiger partial charge in [0.15, 0.2) is 16.1 Å². The predicted octanol–water partition coefficient (Wildman–Crippen LogP) is 26.4. The van der Waals surface area contributed by atoms with Gasteiger partial charge in [-0.25, -0.2) is 0 Å². The molecule has 0 saturated heterocycles. The van der Waals surface area contributed by atoms with Crippen molar-refractivity contribution >= 4 is 164 Å². The molecule has 0 spiro atoms. The third kappa shape index (κ3) is 11.0. The van der Waals surface area contributed by atoms with Crippen LogP contribution in [0.4, 0.5) is 0 Å². The molecule has 0 unspecified atom stereocenters. The van der Waals surface area contributed by atoms with Crippen molar-refractivity contribution in [3.63, 3.8) is 0 Å². The summed E-state index contributed by atoms with van der Waals surface area (Å²) in [5.41, 5.74) is 29.9. The second-order valence-corrected chi connectivity index (χ2v) is 45.4. The number of hydrogen-bond acceptors (Lipinski definition) is 2. The van der Waals surface area contributed by atoms with Crippen molar-refractivity contribution in [2.75, 3.05) is 0 Å². The number of fused-ring (bicyclic) bond motifs is 12. The number of aromatic nitrogens is 2. The van der Waals surface area contributed by atoms with E-state index in [2.05, 4.69) is 482 Å². The van der Waals surface area contributed by atoms with Crippen molar-refractivity contribution in [2.24, 2.45) is 0 Å². The van der Waals surface area contributed by atoms with Gasteiger partial charge in [-0.05, 0) is 197 Å². The van der Waals surface area contributed by atoms with Gasteiger partial charge < -0.3 is 9.13 Å². The van der Waals surface area contributed by atoms with E-state index >= 15 is 0 Å². The van der Waals surface area contributed by atoms with Crippen LogP contribution >= 0.6 is 22.7 Å². The van der Waals surface area contributed by atoms with Gasteiger partial charge >= 0.3 is 0 Å². The summed E-state index contributed by atoms with van der Waals surface area (Å²) in [5, 5.41) is 21.6. The van der Waals surface area contributed by atoms with Gasteiger partial charge in [-0.1, -0.05) is 406 Å². The smallest absolute Gasteiger partial charge is 0.179 e. The maximum atomic E-state index is 2.56. The molecule has 0 atom stereocenters. The Bertz CT molecular complexity index is 8560. The van der Waals surface area contributed by atoms with Crippen LogP contribution in [0.3, 0.4) is 0 Å². The lowest BCUT2D eigenvalue weighted by molar-refractivity contribution is 0.761. The summed E-state index contributed by atoms with van der Waals surface area (Å²) in [5.74, 6) is 0.806. The molecule has 2 nitrogen and oxygen atoms in total. The number of thiophene rings is 2. The zero-order chi connectivity index (χ0) is 85.3. The largest absolute Gasteiger partial charge is 0.309 e. The normalized spacial score (nSPS) is 15.1. The number of hydrogen-bond donors (Lipinski definition) is 0. The summed E-state index contributed by atoms with van der Waals surface area (Å²) in [4.78, 5) is 0. The van der Waals surface area contributed by atoms with Gasteiger partial charge in [-0.2, -0.15) is 0 Å². The molecule has 608 valence electrons. The Kier molecular flexibility index (Phi) is 17.2. The Morgan fingerprint density at radius 2 is 0.500 bits per heavy atom. The van der Waals surface area contributed by atoms with Crippen molar-refractivity contribution in [1.82, 2.24) is 9.13 Å². The van der Waals surface area contributed by atoms with E-state index in [-0.39, 0.29) is 23.7 Å². The highest BCUT2D eigenvalue weighted by molar-refractivity contribution is 7.26. The first-order valence-corrected chi connectivity index (χ1v) is 51.1. The van der Waals surface area contributed by atoms with Crippen molar-refractivity contribution in [1.29, 1.82) is 0 Å². The maximum Gasteiger partial charge on any atom is 0.179 e. The summed E-state index contributed by atoms with van der Waals surface area (Å²) in [7, 11) is -5.94. The Balaban J connectivity index is 0.000000134. The predicted molar refractivity (Wildman–Crippen MR) is 555 cm³/mol. The van der Waals surface area contributed by atoms with Crippen LogP contribution in [0.5, 0.6) is 0 Å². The highest BCUT2D eigenvalue weighted by Gasteiger charge is 2.48. The van der Waals surface area contributed by atoms with Gasteiger partial charge in [0.25, 0.3) is 0 Å². The van der Waals surface area contributed by atoms with Gasteiger partial charge in [0.05, 0.1) is 22.1 Å². The number of para-hydroxylation sites is 2. The van der Waals surface area contributed by atoms with Crippen LogP contribution < -0.4 is 41.5 Å². The zero-order valence-corrected chi connectivity index (χ0v) is 74.7. The lowest BCUT2D eigenvalue weighted by Gasteiger charge is -2.42. The Morgan fingerprint density at radius 1 is 0.185 bits per heavy atom. The summed E-state index contributed by atoms with van der Waals surface area (Å²) in [6.45, 7) is 0. The molecule has 0 fully saturated rings. The molecule has 4 bridgehead atoms. The molecule has 0 N–H and O–H groups in total. The van der Waals surface area contributed by atoms with E-state index in [1.54, 1.807) is 0 Å². The standard InChI is InChI=1S/2C62H41NSSi/c1-3-20-42(21-4-1)65(43-22-5-2-6-23-43,44-24-15-18-40(38-44)46-32-17-33-52-47-26-12-14-35-57(47)64-62(46)52)45-25-16-19-41(39-45)63-55-34-13-11-31-53(55)60-56(63)37-36-54-58-48-27-7-9-29-50(48)59(61(54)60)51-30-10-8-28-49(51)58;1-3-20-42(21-4-1)65(43-22-5-2-6-23-43,44-24-15-18-40(38-44)46-32-17-35-57-59(46)52-31-12-14-34-56(52)64-57)45-25-16-19-41(39-45)63-54-33-13-11-30-51(54)61-55(63)37-36-53-58-47-26-7-9-28-49(47)60(62(53)61)50-29-10-8-27-48(50)58/h1-39,58-59H;1-39,58,60H. The molecule has 0 radical (unpaired) electrons. The Labute approximate surface area is 764 Å². The topological polar surface area (TPSA) is 9.86 Å². The first-order chi connectivity index (χ1) is 64.5. The SMILES string of the molecule is c1ccc([Si](c2ccccc2)(c2cccc(-c3cccc4c3sc3ccccc34)c2)c2cccc(-n3c4ccccc4c4c5c(ccc43)C3c4ccccc4C5c4ccccc43)c2)cc1.c1ccc([Si](c2ccccc2)(c2cccc(-c3cccc4sc5ccccc5c34)c2)c2cccc(-n3c4ccccc4c4c5c(ccc43)C3c4ccccc4C5c4ccccc43)c2)cc1. The third-order valence-electron chi connectivity index (χ3n) is 29.4. The van der Waals surface area contributed by atoms with E-state index in [1.807, 2.05) is 22.7 Å². The average molecular weight is 1720 g/mol. The van der Waals surface area contributed by atoms with Crippen LogP contribution in [0.25, 0.3) is 118 Å². The van der Waals surface area contributed by atoms with Crippen molar-refractivity contribution in [3.8, 4) is 33.6 Å². The van der Waals surface area contributed by atoms with Crippen molar-refractivity contribution in [2.45, 2.75) is 23.7 Å². The molecule has 4 aromatic heterocycles. The van der Waals surface area contributed by atoms with Crippen LogP contribution in [0, 0.1) is 0 Å². The minimum atomic E-state index is -2.97. The molecule has 6 heteroatoms. The Hall–Kier alpha value is -15.1.